The number of carbonyl (C=O) groups is 8. The molecule has 0 radical (unpaired) electrons. The van der Waals surface area contributed by atoms with E-state index in [-0.39, 0.29) is 23.9 Å². The largest absolute Gasteiger partial charge is 0.428 e. The molecule has 1 aliphatic carbocycles. The van der Waals surface area contributed by atoms with E-state index in [1.165, 1.54) is 13.8 Å². The zero-order valence-corrected chi connectivity index (χ0v) is 18.4. The molecule has 2 rings (SSSR count). The van der Waals surface area contributed by atoms with Gasteiger partial charge in [0.1, 0.15) is 18.1 Å². The van der Waals surface area contributed by atoms with Gasteiger partial charge in [-0.15, -0.1) is 0 Å². The Bertz CT molecular complexity index is 961. The van der Waals surface area contributed by atoms with E-state index < -0.39 is 82.7 Å². The monoisotopic (exact) mass is 466 g/mol. The molecule has 2 fully saturated rings. The molecule has 0 bridgehead atoms. The van der Waals surface area contributed by atoms with Gasteiger partial charge in [-0.1, -0.05) is 13.8 Å². The van der Waals surface area contributed by atoms with Crippen LogP contribution in [-0.4, -0.2) is 76.5 Å². The number of nitrogens with zero attached hydrogens (tertiary/aromatic N) is 1. The van der Waals surface area contributed by atoms with E-state index in [9.17, 15) is 38.4 Å². The number of amides is 2. The number of imide groups is 1. The summed E-state index contributed by atoms with van der Waals surface area (Å²) in [4.78, 5) is 101. The van der Waals surface area contributed by atoms with E-state index in [1.807, 2.05) is 0 Å². The highest BCUT2D eigenvalue weighted by Crippen LogP contribution is 2.44. The molecule has 6 N–H and O–H groups in total. The lowest BCUT2D eigenvalue weighted by molar-refractivity contribution is -0.213. The number of Topliss-reactive ketones (excluding diaryl/α,β-unsaturated/α-hetero) is 3. The highest BCUT2D eigenvalue weighted by molar-refractivity contribution is 6.26. The van der Waals surface area contributed by atoms with Crippen LogP contribution in [0.3, 0.4) is 0 Å². The fourth-order valence-electron chi connectivity index (χ4n) is 3.84. The number of nitrogens with two attached hydrogens (primary N) is 3. The number of likely N-dealkylation sites (tertiary alicyclic amines) is 1. The van der Waals surface area contributed by atoms with Crippen LogP contribution < -0.4 is 17.2 Å². The zero-order valence-electron chi connectivity index (χ0n) is 18.4. The Morgan fingerprint density at radius 3 is 2.15 bits per heavy atom. The number of esters is 1. The third kappa shape index (κ3) is 3.61. The molecule has 13 nitrogen and oxygen atoms in total. The number of ketones is 3. The van der Waals surface area contributed by atoms with E-state index in [0.29, 0.717) is 0 Å². The molecule has 2 amide bonds. The molecule has 13 heteroatoms. The number of aldehydes is 2. The average Bonchev–Trinajstić information content (AvgIpc) is 3.01. The van der Waals surface area contributed by atoms with Gasteiger partial charge in [-0.3, -0.25) is 33.6 Å². The van der Waals surface area contributed by atoms with Crippen molar-refractivity contribution in [2.45, 2.75) is 63.9 Å². The lowest BCUT2D eigenvalue weighted by atomic mass is 9.64. The number of ether oxygens (including phenoxy) is 1. The summed E-state index contributed by atoms with van der Waals surface area (Å²) in [6, 6.07) is -4.72. The molecular formula is C20H26N4O9. The Balaban J connectivity index is 2.82. The second-order valence-corrected chi connectivity index (χ2v) is 8.73. The van der Waals surface area contributed by atoms with Gasteiger partial charge in [0.25, 0.3) is 5.72 Å². The van der Waals surface area contributed by atoms with Crippen LogP contribution >= 0.6 is 0 Å². The smallest absolute Gasteiger partial charge is 0.326 e. The van der Waals surface area contributed by atoms with Crippen LogP contribution in [0.4, 0.5) is 0 Å². The molecule has 0 aromatic rings. The molecule has 2 aliphatic rings. The van der Waals surface area contributed by atoms with Crippen LogP contribution in [0, 0.1) is 10.8 Å². The standard InChI is InChI=1S/C20H26N4O9/c1-9(27)18(2,3)14(23)17(32)33-20(8-26,24-13(29)6-11(22)16(24)31)19(7-25)12(28)5-4-10(21)15(19)30/h7-8,10-11,14H,4-6,21-23H2,1-3H3. The maximum Gasteiger partial charge on any atom is 0.326 e. The summed E-state index contributed by atoms with van der Waals surface area (Å²) in [5, 5.41) is 0. The zero-order chi connectivity index (χ0) is 25.5. The number of rotatable bonds is 8. The minimum absolute atomic E-state index is 0.0400. The average molecular weight is 466 g/mol. The second-order valence-electron chi connectivity index (χ2n) is 8.73. The minimum atomic E-state index is -3.37. The molecule has 0 aromatic heterocycles. The predicted octanol–water partition coefficient (Wildman–Crippen LogP) is -3.10. The van der Waals surface area contributed by atoms with E-state index in [4.69, 9.17) is 21.9 Å². The van der Waals surface area contributed by atoms with Crippen molar-refractivity contribution in [3.63, 3.8) is 0 Å². The Morgan fingerprint density at radius 2 is 1.73 bits per heavy atom. The lowest BCUT2D eigenvalue weighted by Crippen LogP contribution is -2.75. The summed E-state index contributed by atoms with van der Waals surface area (Å²) in [6.07, 6.45) is -1.92. The van der Waals surface area contributed by atoms with Crippen molar-refractivity contribution >= 4 is 47.7 Å². The van der Waals surface area contributed by atoms with Gasteiger partial charge < -0.3 is 26.7 Å². The van der Waals surface area contributed by atoms with Crippen LogP contribution in [0.1, 0.15) is 40.0 Å². The summed E-state index contributed by atoms with van der Waals surface area (Å²) < 4.78 is 5.20. The Labute approximate surface area is 188 Å². The van der Waals surface area contributed by atoms with Gasteiger partial charge in [0.2, 0.25) is 17.2 Å². The maximum absolute atomic E-state index is 13.1. The highest BCUT2D eigenvalue weighted by atomic mass is 16.6. The first-order valence-electron chi connectivity index (χ1n) is 10.0. The lowest BCUT2D eigenvalue weighted by Gasteiger charge is -2.47. The first kappa shape index (κ1) is 26.1. The van der Waals surface area contributed by atoms with Gasteiger partial charge in [-0.2, -0.15) is 0 Å². The fraction of sp³-hybridized carbons (Fsp3) is 0.600. The van der Waals surface area contributed by atoms with E-state index in [1.54, 1.807) is 0 Å². The summed E-state index contributed by atoms with van der Waals surface area (Å²) in [5.74, 6) is -7.04. The summed E-state index contributed by atoms with van der Waals surface area (Å²) in [7, 11) is 0. The van der Waals surface area contributed by atoms with Crippen LogP contribution in [-0.2, 0) is 43.1 Å². The summed E-state index contributed by atoms with van der Waals surface area (Å²) >= 11 is 0. The normalized spacial score (nSPS) is 28.8. The van der Waals surface area contributed by atoms with Gasteiger partial charge in [0.15, 0.2) is 17.9 Å². The second kappa shape index (κ2) is 8.65. The van der Waals surface area contributed by atoms with Crippen LogP contribution in [0.25, 0.3) is 0 Å². The SMILES string of the molecule is CC(=O)C(C)(C)C(N)C(=O)OC(C=O)(N1C(=O)CC(N)C1=O)C1(C=O)C(=O)CCC(N)C1=O. The third-order valence-electron chi connectivity index (χ3n) is 6.46. The Kier molecular flexibility index (Phi) is 6.84. The molecule has 5 atom stereocenters. The van der Waals surface area contributed by atoms with Crippen LogP contribution in [0.5, 0.6) is 0 Å². The Hall–Kier alpha value is -3.16. The van der Waals surface area contributed by atoms with Crippen molar-refractivity contribution in [1.29, 1.82) is 0 Å². The fourth-order valence-corrected chi connectivity index (χ4v) is 3.84. The molecule has 0 spiro atoms. The van der Waals surface area contributed by atoms with Crippen LogP contribution in [0.2, 0.25) is 0 Å². The Morgan fingerprint density at radius 1 is 1.15 bits per heavy atom. The molecule has 180 valence electrons. The van der Waals surface area contributed by atoms with Crippen molar-refractivity contribution in [2.24, 2.45) is 28.0 Å². The molecule has 0 aromatic carbocycles. The third-order valence-corrected chi connectivity index (χ3v) is 6.46. The van der Waals surface area contributed by atoms with Gasteiger partial charge in [-0.25, -0.2) is 4.90 Å². The quantitative estimate of drug-likeness (QED) is 0.140. The van der Waals surface area contributed by atoms with Crippen molar-refractivity contribution < 1.29 is 43.1 Å². The first-order chi connectivity index (χ1) is 15.1. The topological polar surface area (TPSA) is 227 Å². The van der Waals surface area contributed by atoms with E-state index in [0.717, 1.165) is 6.92 Å². The molecule has 33 heavy (non-hydrogen) atoms. The highest BCUT2D eigenvalue weighted by Gasteiger charge is 2.72. The summed E-state index contributed by atoms with van der Waals surface area (Å²) in [6.45, 7) is 3.70. The molecule has 1 saturated carbocycles. The van der Waals surface area contributed by atoms with E-state index >= 15 is 0 Å². The summed E-state index contributed by atoms with van der Waals surface area (Å²) in [5.41, 5.74) is 9.12. The molecule has 1 aliphatic heterocycles. The van der Waals surface area contributed by atoms with Crippen molar-refractivity contribution in [2.75, 3.05) is 0 Å². The van der Waals surface area contributed by atoms with Crippen molar-refractivity contribution in [1.82, 2.24) is 4.90 Å². The number of carbonyl (C=O) groups excluding carboxylic acids is 8. The first-order valence-corrected chi connectivity index (χ1v) is 10.0. The van der Waals surface area contributed by atoms with E-state index in [2.05, 4.69) is 0 Å². The number of hydrogen-bond acceptors (Lipinski definition) is 12. The van der Waals surface area contributed by atoms with Gasteiger partial charge >= 0.3 is 5.97 Å². The van der Waals surface area contributed by atoms with Gasteiger partial charge in [0.05, 0.1) is 18.5 Å². The minimum Gasteiger partial charge on any atom is -0.428 e. The van der Waals surface area contributed by atoms with Crippen molar-refractivity contribution in [3.05, 3.63) is 0 Å². The molecule has 1 heterocycles. The van der Waals surface area contributed by atoms with Crippen molar-refractivity contribution in [3.8, 4) is 0 Å². The molecule has 5 unspecified atom stereocenters. The van der Waals surface area contributed by atoms with Crippen LogP contribution in [0.15, 0.2) is 0 Å². The van der Waals surface area contributed by atoms with Gasteiger partial charge in [0, 0.05) is 11.8 Å². The maximum atomic E-state index is 13.1. The number of hydrogen-bond donors (Lipinski definition) is 3. The predicted molar refractivity (Wildman–Crippen MR) is 107 cm³/mol. The van der Waals surface area contributed by atoms with Gasteiger partial charge in [-0.05, 0) is 13.3 Å². The molecule has 1 saturated heterocycles. The molecular weight excluding hydrogens is 440 g/mol.